The van der Waals surface area contributed by atoms with Crippen LogP contribution in [0.1, 0.15) is 32.3 Å². The van der Waals surface area contributed by atoms with Crippen LogP contribution in [-0.2, 0) is 14.8 Å². The summed E-state index contributed by atoms with van der Waals surface area (Å²) in [4.78, 5) is 14.6. The van der Waals surface area contributed by atoms with Crippen LogP contribution in [0.5, 0.6) is 0 Å². The largest absolute Gasteiger partial charge is 0.341 e. The molecule has 7 heteroatoms. The Bertz CT molecular complexity index is 713. The molecule has 1 aromatic carbocycles. The molecule has 1 heterocycles. The molecule has 134 valence electrons. The summed E-state index contributed by atoms with van der Waals surface area (Å²) >= 11 is 6.04. The molecule has 0 spiro atoms. The molecule has 0 aromatic heterocycles. The van der Waals surface area contributed by atoms with Gasteiger partial charge < -0.3 is 4.90 Å². The van der Waals surface area contributed by atoms with E-state index in [0.29, 0.717) is 29.7 Å². The van der Waals surface area contributed by atoms with Gasteiger partial charge in [-0.3, -0.25) is 9.10 Å². The second-order valence-corrected chi connectivity index (χ2v) is 8.97. The van der Waals surface area contributed by atoms with Gasteiger partial charge in [0.15, 0.2) is 0 Å². The molecule has 2 rings (SSSR count). The number of carbonyl (C=O) groups is 1. The Balaban J connectivity index is 2.34. The molecule has 1 aliphatic heterocycles. The molecule has 1 aliphatic rings. The van der Waals surface area contributed by atoms with Crippen LogP contribution < -0.4 is 4.31 Å². The van der Waals surface area contributed by atoms with Crippen molar-refractivity contribution >= 4 is 33.2 Å². The fourth-order valence-electron chi connectivity index (χ4n) is 3.09. The zero-order valence-electron chi connectivity index (χ0n) is 14.6. The van der Waals surface area contributed by atoms with Crippen LogP contribution in [0.3, 0.4) is 0 Å². The summed E-state index contributed by atoms with van der Waals surface area (Å²) < 4.78 is 26.0. The van der Waals surface area contributed by atoms with E-state index in [4.69, 9.17) is 11.6 Å². The molecule has 0 unspecified atom stereocenters. The number of aryl methyl sites for hydroxylation is 1. The predicted molar refractivity (Wildman–Crippen MR) is 98.0 cm³/mol. The number of likely N-dealkylation sites (tertiary alicyclic amines) is 1. The molecular weight excluding hydrogens is 348 g/mol. The summed E-state index contributed by atoms with van der Waals surface area (Å²) in [5, 5.41) is 0.440. The van der Waals surface area contributed by atoms with E-state index in [0.717, 1.165) is 24.7 Å². The number of anilines is 1. The number of halogens is 1. The van der Waals surface area contributed by atoms with Gasteiger partial charge in [-0.25, -0.2) is 8.42 Å². The van der Waals surface area contributed by atoms with Crippen molar-refractivity contribution in [1.29, 1.82) is 0 Å². The van der Waals surface area contributed by atoms with Crippen LogP contribution in [-0.4, -0.2) is 44.6 Å². The predicted octanol–water partition coefficient (Wildman–Crippen LogP) is 3.06. The van der Waals surface area contributed by atoms with Gasteiger partial charge in [0.05, 0.1) is 11.9 Å². The van der Waals surface area contributed by atoms with E-state index in [1.54, 1.807) is 30.0 Å². The van der Waals surface area contributed by atoms with Crippen molar-refractivity contribution in [2.24, 2.45) is 5.92 Å². The number of piperidine rings is 1. The third kappa shape index (κ3) is 4.22. The number of nitrogens with zero attached hydrogens (tertiary/aromatic N) is 2. The summed E-state index contributed by atoms with van der Waals surface area (Å²) in [5.74, 6) is 0.442. The first-order chi connectivity index (χ1) is 11.1. The number of rotatable bonds is 4. The monoisotopic (exact) mass is 372 g/mol. The molecule has 0 saturated carbocycles. The lowest BCUT2D eigenvalue weighted by atomic mass is 9.99. The van der Waals surface area contributed by atoms with Crippen LogP contribution in [0.25, 0.3) is 0 Å². The minimum Gasteiger partial charge on any atom is -0.341 e. The fourth-order valence-corrected chi connectivity index (χ4v) is 4.47. The molecule has 0 aliphatic carbocycles. The van der Waals surface area contributed by atoms with E-state index in [9.17, 15) is 13.2 Å². The van der Waals surface area contributed by atoms with Gasteiger partial charge in [-0.05, 0) is 50.3 Å². The Morgan fingerprint density at radius 1 is 1.33 bits per heavy atom. The molecule has 0 N–H and O–H groups in total. The van der Waals surface area contributed by atoms with Gasteiger partial charge in [0.2, 0.25) is 15.9 Å². The van der Waals surface area contributed by atoms with Crippen molar-refractivity contribution in [3.63, 3.8) is 0 Å². The topological polar surface area (TPSA) is 57.7 Å². The lowest BCUT2D eigenvalue weighted by molar-refractivity contribution is -0.133. The highest BCUT2D eigenvalue weighted by molar-refractivity contribution is 7.92. The van der Waals surface area contributed by atoms with Gasteiger partial charge in [0.25, 0.3) is 0 Å². The maximum Gasteiger partial charge on any atom is 0.246 e. The highest BCUT2D eigenvalue weighted by atomic mass is 35.5. The molecule has 1 saturated heterocycles. The quantitative estimate of drug-likeness (QED) is 0.816. The normalized spacial score (nSPS) is 17.6. The second-order valence-electron chi connectivity index (χ2n) is 6.67. The van der Waals surface area contributed by atoms with E-state index < -0.39 is 16.1 Å². The van der Waals surface area contributed by atoms with Gasteiger partial charge in [-0.1, -0.05) is 24.6 Å². The van der Waals surface area contributed by atoms with Gasteiger partial charge >= 0.3 is 0 Å². The number of hydrogen-bond acceptors (Lipinski definition) is 3. The van der Waals surface area contributed by atoms with Crippen LogP contribution in [0.4, 0.5) is 5.69 Å². The Morgan fingerprint density at radius 3 is 2.46 bits per heavy atom. The lowest BCUT2D eigenvalue weighted by Gasteiger charge is -2.36. The highest BCUT2D eigenvalue weighted by Crippen LogP contribution is 2.29. The summed E-state index contributed by atoms with van der Waals surface area (Å²) in [6, 6.07) is 4.26. The molecule has 1 aromatic rings. The van der Waals surface area contributed by atoms with Crippen LogP contribution >= 0.6 is 11.6 Å². The molecule has 24 heavy (non-hydrogen) atoms. The van der Waals surface area contributed by atoms with Crippen molar-refractivity contribution in [3.8, 4) is 0 Å². The van der Waals surface area contributed by atoms with E-state index in [1.165, 1.54) is 4.31 Å². The zero-order valence-corrected chi connectivity index (χ0v) is 16.2. The first-order valence-electron chi connectivity index (χ1n) is 8.15. The van der Waals surface area contributed by atoms with Crippen LogP contribution in [0, 0.1) is 12.8 Å². The molecule has 0 bridgehead atoms. The highest BCUT2D eigenvalue weighted by Gasteiger charge is 2.33. The number of carbonyl (C=O) groups excluding carboxylic acids is 1. The second kappa shape index (κ2) is 7.31. The van der Waals surface area contributed by atoms with Crippen molar-refractivity contribution in [2.75, 3.05) is 23.7 Å². The van der Waals surface area contributed by atoms with Gasteiger partial charge in [-0.2, -0.15) is 0 Å². The van der Waals surface area contributed by atoms with Gasteiger partial charge in [0.1, 0.15) is 6.04 Å². The molecule has 0 radical (unpaired) electrons. The molecule has 1 fully saturated rings. The number of amides is 1. The van der Waals surface area contributed by atoms with E-state index in [1.807, 2.05) is 6.92 Å². The summed E-state index contributed by atoms with van der Waals surface area (Å²) in [7, 11) is -3.62. The standard InChI is InChI=1S/C17H25ClN2O3S/c1-12-7-9-19(10-8-12)17(21)14(3)20(24(4,22)23)16-11-15(18)6-5-13(16)2/h5-6,11-12,14H,7-10H2,1-4H3/t14-/m0/s1. The Morgan fingerprint density at radius 2 is 1.92 bits per heavy atom. The molecule has 5 nitrogen and oxygen atoms in total. The first kappa shape index (κ1) is 19.1. The molecule has 1 atom stereocenters. The maximum absolute atomic E-state index is 12.8. The number of hydrogen-bond donors (Lipinski definition) is 0. The van der Waals surface area contributed by atoms with Crippen LogP contribution in [0.2, 0.25) is 5.02 Å². The zero-order chi connectivity index (χ0) is 18.1. The smallest absolute Gasteiger partial charge is 0.246 e. The first-order valence-corrected chi connectivity index (χ1v) is 10.4. The van der Waals surface area contributed by atoms with E-state index >= 15 is 0 Å². The maximum atomic E-state index is 12.8. The van der Waals surface area contributed by atoms with Crippen molar-refractivity contribution < 1.29 is 13.2 Å². The fraction of sp³-hybridized carbons (Fsp3) is 0.588. The SMILES string of the molecule is Cc1ccc(Cl)cc1N([C@@H](C)C(=O)N1CCC(C)CC1)S(C)(=O)=O. The third-order valence-electron chi connectivity index (χ3n) is 4.57. The minimum atomic E-state index is -3.62. The summed E-state index contributed by atoms with van der Waals surface area (Å²) in [6.07, 6.45) is 3.02. The summed E-state index contributed by atoms with van der Waals surface area (Å²) in [5.41, 5.74) is 1.22. The average molecular weight is 373 g/mol. The van der Waals surface area contributed by atoms with E-state index in [-0.39, 0.29) is 5.91 Å². The minimum absolute atomic E-state index is 0.160. The van der Waals surface area contributed by atoms with Crippen LogP contribution in [0.15, 0.2) is 18.2 Å². The van der Waals surface area contributed by atoms with E-state index in [2.05, 4.69) is 6.92 Å². The Labute approximate surface area is 149 Å². The third-order valence-corrected chi connectivity index (χ3v) is 6.03. The number of sulfonamides is 1. The van der Waals surface area contributed by atoms with Gasteiger partial charge in [-0.15, -0.1) is 0 Å². The molecular formula is C17H25ClN2O3S. The van der Waals surface area contributed by atoms with Crippen molar-refractivity contribution in [1.82, 2.24) is 4.90 Å². The summed E-state index contributed by atoms with van der Waals surface area (Å²) in [6.45, 7) is 6.97. The Kier molecular flexibility index (Phi) is 5.81. The van der Waals surface area contributed by atoms with Crippen molar-refractivity contribution in [2.45, 2.75) is 39.7 Å². The Hall–Kier alpha value is -1.27. The average Bonchev–Trinajstić information content (AvgIpc) is 2.49. The molecule has 1 amide bonds. The van der Waals surface area contributed by atoms with Gasteiger partial charge in [0, 0.05) is 18.1 Å². The number of benzene rings is 1. The lowest BCUT2D eigenvalue weighted by Crippen LogP contribution is -2.51. The van der Waals surface area contributed by atoms with Crippen molar-refractivity contribution in [3.05, 3.63) is 28.8 Å².